The van der Waals surface area contributed by atoms with Gasteiger partial charge in [-0.2, -0.15) is 5.26 Å². The molecule has 0 aliphatic rings. The smallest absolute Gasteiger partial charge is 0.255 e. The number of hydrogen-bond donors (Lipinski definition) is 2. The van der Waals surface area contributed by atoms with Crippen LogP contribution in [-0.4, -0.2) is 11.8 Å². The van der Waals surface area contributed by atoms with Gasteiger partial charge in [-0.3, -0.25) is 9.59 Å². The summed E-state index contributed by atoms with van der Waals surface area (Å²) in [6.07, 6.45) is 0. The zero-order valence-corrected chi connectivity index (χ0v) is 15.4. The molecule has 0 fully saturated rings. The highest BCUT2D eigenvalue weighted by atomic mass is 16.2. The zero-order chi connectivity index (χ0) is 19.9. The first-order valence-corrected chi connectivity index (χ1v) is 8.80. The molecule has 0 heterocycles. The van der Waals surface area contributed by atoms with Crippen LogP contribution in [0.4, 0.5) is 5.69 Å². The molecule has 138 valence electrons. The van der Waals surface area contributed by atoms with Crippen molar-refractivity contribution in [2.75, 3.05) is 5.32 Å². The van der Waals surface area contributed by atoms with Gasteiger partial charge in [0.15, 0.2) is 0 Å². The fourth-order valence-electron chi connectivity index (χ4n) is 2.63. The molecule has 0 aromatic heterocycles. The van der Waals surface area contributed by atoms with Gasteiger partial charge in [0.1, 0.15) is 0 Å². The number of nitrogens with one attached hydrogen (secondary N) is 2. The molecule has 3 aromatic carbocycles. The minimum atomic E-state index is -0.304. The summed E-state index contributed by atoms with van der Waals surface area (Å²) < 4.78 is 0. The molecule has 0 saturated carbocycles. The van der Waals surface area contributed by atoms with Crippen LogP contribution in [0, 0.1) is 18.3 Å². The summed E-state index contributed by atoms with van der Waals surface area (Å²) >= 11 is 0. The molecule has 2 amide bonds. The molecule has 0 radical (unpaired) electrons. The third-order valence-electron chi connectivity index (χ3n) is 4.23. The summed E-state index contributed by atoms with van der Waals surface area (Å²) in [5, 5.41) is 14.5. The Bertz CT molecular complexity index is 1030. The van der Waals surface area contributed by atoms with E-state index in [0.717, 1.165) is 5.56 Å². The number of nitriles is 1. The monoisotopic (exact) mass is 369 g/mol. The molecule has 0 aliphatic heterocycles. The Hall–Kier alpha value is -3.91. The van der Waals surface area contributed by atoms with E-state index in [1.54, 1.807) is 48.5 Å². The second-order valence-electron chi connectivity index (χ2n) is 6.39. The maximum atomic E-state index is 12.3. The highest BCUT2D eigenvalue weighted by molar-refractivity contribution is 6.05. The van der Waals surface area contributed by atoms with Gasteiger partial charge in [0.2, 0.25) is 0 Å². The van der Waals surface area contributed by atoms with Gasteiger partial charge in [0.05, 0.1) is 11.6 Å². The molecular weight excluding hydrogens is 350 g/mol. The van der Waals surface area contributed by atoms with E-state index >= 15 is 0 Å². The lowest BCUT2D eigenvalue weighted by Gasteiger charge is -2.08. The van der Waals surface area contributed by atoms with E-state index in [2.05, 4.69) is 10.6 Å². The second-order valence-corrected chi connectivity index (χ2v) is 6.39. The fourth-order valence-corrected chi connectivity index (χ4v) is 2.63. The summed E-state index contributed by atoms with van der Waals surface area (Å²) in [4.78, 5) is 24.6. The normalized spacial score (nSPS) is 10.0. The number of aryl methyl sites for hydroxylation is 1. The van der Waals surface area contributed by atoms with Crippen LogP contribution < -0.4 is 10.6 Å². The Morgan fingerprint density at radius 3 is 2.18 bits per heavy atom. The second kappa shape index (κ2) is 8.65. The first-order chi connectivity index (χ1) is 13.5. The largest absolute Gasteiger partial charge is 0.348 e. The van der Waals surface area contributed by atoms with E-state index in [-0.39, 0.29) is 11.8 Å². The van der Waals surface area contributed by atoms with E-state index in [9.17, 15) is 9.59 Å². The molecular formula is C23H19N3O2. The third-order valence-corrected chi connectivity index (χ3v) is 4.23. The first-order valence-electron chi connectivity index (χ1n) is 8.80. The number of amides is 2. The van der Waals surface area contributed by atoms with Crippen LogP contribution in [0.2, 0.25) is 0 Å². The maximum absolute atomic E-state index is 12.3. The van der Waals surface area contributed by atoms with Crippen LogP contribution in [0.15, 0.2) is 72.8 Å². The Morgan fingerprint density at radius 1 is 0.893 bits per heavy atom. The van der Waals surface area contributed by atoms with Crippen LogP contribution in [-0.2, 0) is 6.54 Å². The first kappa shape index (κ1) is 18.9. The average Bonchev–Trinajstić information content (AvgIpc) is 2.73. The van der Waals surface area contributed by atoms with Gasteiger partial charge in [-0.1, -0.05) is 35.9 Å². The molecule has 0 unspecified atom stereocenters. The molecule has 0 spiro atoms. The van der Waals surface area contributed by atoms with Crippen molar-refractivity contribution < 1.29 is 9.59 Å². The number of hydrogen-bond acceptors (Lipinski definition) is 3. The number of carbonyl (C=O) groups is 2. The number of carbonyl (C=O) groups excluding carboxylic acids is 2. The van der Waals surface area contributed by atoms with Crippen LogP contribution in [0.5, 0.6) is 0 Å². The van der Waals surface area contributed by atoms with Crippen LogP contribution >= 0.6 is 0 Å². The highest BCUT2D eigenvalue weighted by Crippen LogP contribution is 2.13. The van der Waals surface area contributed by atoms with Crippen molar-refractivity contribution >= 4 is 17.5 Å². The van der Waals surface area contributed by atoms with E-state index in [4.69, 9.17) is 5.26 Å². The Kier molecular flexibility index (Phi) is 5.83. The molecule has 2 N–H and O–H groups in total. The average molecular weight is 369 g/mol. The van der Waals surface area contributed by atoms with E-state index < -0.39 is 0 Å². The molecule has 0 aliphatic carbocycles. The number of nitrogens with zero attached hydrogens (tertiary/aromatic N) is 1. The minimum Gasteiger partial charge on any atom is -0.348 e. The predicted octanol–water partition coefficient (Wildman–Crippen LogP) is 4.05. The quantitative estimate of drug-likeness (QED) is 0.712. The SMILES string of the molecule is Cc1ccc(CNC(=O)c2ccc(C(=O)Nc3cccc(C#N)c3)cc2)cc1. The van der Waals surface area contributed by atoms with Crippen molar-refractivity contribution in [3.8, 4) is 6.07 Å². The lowest BCUT2D eigenvalue weighted by Crippen LogP contribution is -2.23. The van der Waals surface area contributed by atoms with Crippen molar-refractivity contribution in [2.45, 2.75) is 13.5 Å². The summed E-state index contributed by atoms with van der Waals surface area (Å²) in [5.41, 5.74) is 4.12. The number of rotatable bonds is 5. The number of anilines is 1. The van der Waals surface area contributed by atoms with Crippen molar-refractivity contribution in [3.63, 3.8) is 0 Å². The topological polar surface area (TPSA) is 82.0 Å². The molecule has 0 atom stereocenters. The predicted molar refractivity (Wildman–Crippen MR) is 108 cm³/mol. The van der Waals surface area contributed by atoms with Crippen LogP contribution in [0.1, 0.15) is 37.4 Å². The van der Waals surface area contributed by atoms with E-state index in [0.29, 0.717) is 28.9 Å². The Balaban J connectivity index is 1.60. The van der Waals surface area contributed by atoms with Gasteiger partial charge in [-0.05, 0) is 55.0 Å². The van der Waals surface area contributed by atoms with Crippen LogP contribution in [0.3, 0.4) is 0 Å². The lowest BCUT2D eigenvalue weighted by atomic mass is 10.1. The summed E-state index contributed by atoms with van der Waals surface area (Å²) in [6.45, 7) is 2.46. The van der Waals surface area contributed by atoms with Gasteiger partial charge in [0, 0.05) is 23.4 Å². The van der Waals surface area contributed by atoms with Crippen molar-refractivity contribution in [2.24, 2.45) is 0 Å². The molecule has 5 heteroatoms. The molecule has 28 heavy (non-hydrogen) atoms. The van der Waals surface area contributed by atoms with Crippen LogP contribution in [0.25, 0.3) is 0 Å². The molecule has 5 nitrogen and oxygen atoms in total. The minimum absolute atomic E-state index is 0.200. The van der Waals surface area contributed by atoms with Crippen molar-refractivity contribution in [3.05, 3.63) is 101 Å². The standard InChI is InChI=1S/C23H19N3O2/c1-16-5-7-17(8-6-16)15-25-22(27)19-9-11-20(12-10-19)23(28)26-21-4-2-3-18(13-21)14-24/h2-13H,15H2,1H3,(H,25,27)(H,26,28). The lowest BCUT2D eigenvalue weighted by molar-refractivity contribution is 0.0949. The molecule has 3 aromatic rings. The van der Waals surface area contributed by atoms with Gasteiger partial charge in [-0.15, -0.1) is 0 Å². The molecule has 0 bridgehead atoms. The summed E-state index contributed by atoms with van der Waals surface area (Å²) in [7, 11) is 0. The highest BCUT2D eigenvalue weighted by Gasteiger charge is 2.09. The summed E-state index contributed by atoms with van der Waals surface area (Å²) in [6, 6.07) is 23.1. The Labute approximate surface area is 163 Å². The third kappa shape index (κ3) is 4.83. The van der Waals surface area contributed by atoms with Gasteiger partial charge in [0.25, 0.3) is 11.8 Å². The summed E-state index contributed by atoms with van der Waals surface area (Å²) in [5.74, 6) is -0.504. The zero-order valence-electron chi connectivity index (χ0n) is 15.4. The van der Waals surface area contributed by atoms with Gasteiger partial charge in [-0.25, -0.2) is 0 Å². The number of benzene rings is 3. The fraction of sp³-hybridized carbons (Fsp3) is 0.0870. The maximum Gasteiger partial charge on any atom is 0.255 e. The van der Waals surface area contributed by atoms with Gasteiger partial charge >= 0.3 is 0 Å². The van der Waals surface area contributed by atoms with Crippen molar-refractivity contribution in [1.82, 2.24) is 5.32 Å². The van der Waals surface area contributed by atoms with E-state index in [1.165, 1.54) is 5.56 Å². The Morgan fingerprint density at radius 2 is 1.54 bits per heavy atom. The van der Waals surface area contributed by atoms with E-state index in [1.807, 2.05) is 37.3 Å². The molecule has 0 saturated heterocycles. The van der Waals surface area contributed by atoms with Crippen molar-refractivity contribution in [1.29, 1.82) is 5.26 Å². The van der Waals surface area contributed by atoms with Gasteiger partial charge < -0.3 is 10.6 Å². The molecule has 3 rings (SSSR count).